The number of unbranched alkanes of at least 4 members (excludes halogenated alkanes) is 6. The van der Waals surface area contributed by atoms with Crippen molar-refractivity contribution in [3.8, 4) is 17.6 Å². The van der Waals surface area contributed by atoms with E-state index in [1.54, 1.807) is 12.1 Å². The van der Waals surface area contributed by atoms with Crippen molar-refractivity contribution in [2.75, 3.05) is 13.2 Å². The van der Waals surface area contributed by atoms with Gasteiger partial charge in [0.25, 0.3) is 0 Å². The highest BCUT2D eigenvalue weighted by Crippen LogP contribution is 2.16. The number of hydrogen-bond donors (Lipinski definition) is 1. The zero-order valence-corrected chi connectivity index (χ0v) is 12.8. The van der Waals surface area contributed by atoms with E-state index in [9.17, 15) is 4.39 Å². The fourth-order valence-electron chi connectivity index (χ4n) is 2.07. The molecule has 0 amide bonds. The Morgan fingerprint density at radius 3 is 2.48 bits per heavy atom. The Morgan fingerprint density at radius 2 is 1.81 bits per heavy atom. The molecule has 3 heteroatoms. The third-order valence-corrected chi connectivity index (χ3v) is 3.26. The first-order chi connectivity index (χ1) is 10.3. The van der Waals surface area contributed by atoms with Crippen LogP contribution in [-0.2, 0) is 0 Å². The number of aliphatic hydroxyl groups excluding tert-OH is 1. The van der Waals surface area contributed by atoms with Crippen LogP contribution in [0.25, 0.3) is 0 Å². The predicted molar refractivity (Wildman–Crippen MR) is 83.9 cm³/mol. The highest BCUT2D eigenvalue weighted by molar-refractivity contribution is 5.39. The first-order valence-corrected chi connectivity index (χ1v) is 7.80. The lowest BCUT2D eigenvalue weighted by atomic mass is 10.1. The molecule has 0 atom stereocenters. The summed E-state index contributed by atoms with van der Waals surface area (Å²) in [6, 6.07) is 4.65. The van der Waals surface area contributed by atoms with E-state index >= 15 is 0 Å². The molecule has 0 heterocycles. The Bertz CT molecular complexity index is 460. The minimum atomic E-state index is -0.409. The van der Waals surface area contributed by atoms with E-state index in [4.69, 9.17) is 9.84 Å². The van der Waals surface area contributed by atoms with E-state index in [1.165, 1.54) is 38.2 Å². The van der Waals surface area contributed by atoms with E-state index in [0.29, 0.717) is 12.4 Å². The van der Waals surface area contributed by atoms with Gasteiger partial charge in [0.15, 0.2) is 0 Å². The molecule has 0 bridgehead atoms. The Morgan fingerprint density at radius 1 is 1.10 bits per heavy atom. The molecular weight excluding hydrogens is 267 g/mol. The molecular formula is C18H25FO2. The highest BCUT2D eigenvalue weighted by atomic mass is 19.1. The molecule has 0 fully saturated rings. The summed E-state index contributed by atoms with van der Waals surface area (Å²) in [6.45, 7) is 2.57. The summed E-state index contributed by atoms with van der Waals surface area (Å²) in [4.78, 5) is 0. The fourth-order valence-corrected chi connectivity index (χ4v) is 2.07. The summed E-state index contributed by atoms with van der Waals surface area (Å²) in [6.07, 6.45) is 8.60. The normalized spacial score (nSPS) is 10.0. The number of benzene rings is 1. The molecule has 0 spiro atoms. The van der Waals surface area contributed by atoms with Gasteiger partial charge in [0, 0.05) is 6.07 Å². The van der Waals surface area contributed by atoms with Gasteiger partial charge in [0.2, 0.25) is 0 Å². The quantitative estimate of drug-likeness (QED) is 0.543. The second-order valence-electron chi connectivity index (χ2n) is 5.07. The van der Waals surface area contributed by atoms with Gasteiger partial charge < -0.3 is 9.84 Å². The van der Waals surface area contributed by atoms with Crippen LogP contribution in [0.15, 0.2) is 18.2 Å². The second-order valence-corrected chi connectivity index (χ2v) is 5.07. The smallest absolute Gasteiger partial charge is 0.142 e. The molecule has 0 aromatic heterocycles. The monoisotopic (exact) mass is 292 g/mol. The van der Waals surface area contributed by atoms with Gasteiger partial charge in [0.05, 0.1) is 12.2 Å². The lowest BCUT2D eigenvalue weighted by molar-refractivity contribution is 0.303. The van der Waals surface area contributed by atoms with Gasteiger partial charge in [-0.15, -0.1) is 0 Å². The summed E-state index contributed by atoms with van der Waals surface area (Å²) in [5.74, 6) is 5.12. The predicted octanol–water partition coefficient (Wildman–Crippen LogP) is 4.30. The zero-order chi connectivity index (χ0) is 15.3. The standard InChI is InChI=1S/C18H25FO2/c1-2-3-4-5-6-7-8-14-21-17-12-11-16(10-9-13-20)18(19)15-17/h11-12,15,20H,2-8,13-14H2,1H3. The molecule has 21 heavy (non-hydrogen) atoms. The van der Waals surface area contributed by atoms with Crippen LogP contribution in [0.5, 0.6) is 5.75 Å². The first kappa shape index (κ1) is 17.5. The number of aliphatic hydroxyl groups is 1. The molecule has 0 radical (unpaired) electrons. The van der Waals surface area contributed by atoms with Crippen molar-refractivity contribution in [3.63, 3.8) is 0 Å². The molecule has 1 aromatic rings. The maximum absolute atomic E-state index is 13.7. The molecule has 1 aromatic carbocycles. The Kier molecular flexibility index (Phi) is 9.32. The number of ether oxygens (including phenoxy) is 1. The van der Waals surface area contributed by atoms with Crippen LogP contribution >= 0.6 is 0 Å². The zero-order valence-electron chi connectivity index (χ0n) is 12.8. The van der Waals surface area contributed by atoms with Crippen LogP contribution in [0, 0.1) is 17.7 Å². The van der Waals surface area contributed by atoms with Crippen molar-refractivity contribution in [1.82, 2.24) is 0 Å². The van der Waals surface area contributed by atoms with Crippen LogP contribution in [0.4, 0.5) is 4.39 Å². The van der Waals surface area contributed by atoms with Gasteiger partial charge in [-0.1, -0.05) is 57.3 Å². The van der Waals surface area contributed by atoms with Crippen molar-refractivity contribution in [2.24, 2.45) is 0 Å². The van der Waals surface area contributed by atoms with Gasteiger partial charge in [-0.2, -0.15) is 0 Å². The van der Waals surface area contributed by atoms with Gasteiger partial charge in [-0.3, -0.25) is 0 Å². The van der Waals surface area contributed by atoms with Crippen LogP contribution in [-0.4, -0.2) is 18.3 Å². The third kappa shape index (κ3) is 7.72. The van der Waals surface area contributed by atoms with Crippen LogP contribution < -0.4 is 4.74 Å². The molecule has 0 aliphatic heterocycles. The third-order valence-electron chi connectivity index (χ3n) is 3.26. The summed E-state index contributed by atoms with van der Waals surface area (Å²) in [7, 11) is 0. The van der Waals surface area contributed by atoms with Gasteiger partial charge >= 0.3 is 0 Å². The molecule has 0 aliphatic carbocycles. The van der Waals surface area contributed by atoms with Gasteiger partial charge in [-0.05, 0) is 18.6 Å². The Balaban J connectivity index is 2.22. The van der Waals surface area contributed by atoms with E-state index in [-0.39, 0.29) is 12.2 Å². The number of hydrogen-bond acceptors (Lipinski definition) is 2. The van der Waals surface area contributed by atoms with Gasteiger partial charge in [0.1, 0.15) is 18.2 Å². The summed E-state index contributed by atoms with van der Waals surface area (Å²) in [5.41, 5.74) is 0.285. The summed E-state index contributed by atoms with van der Waals surface area (Å²) >= 11 is 0. The van der Waals surface area contributed by atoms with Crippen LogP contribution in [0.1, 0.15) is 57.4 Å². The van der Waals surface area contributed by atoms with Crippen molar-refractivity contribution in [1.29, 1.82) is 0 Å². The molecule has 0 saturated carbocycles. The second kappa shape index (κ2) is 11.2. The fraction of sp³-hybridized carbons (Fsp3) is 0.556. The van der Waals surface area contributed by atoms with Crippen molar-refractivity contribution in [2.45, 2.75) is 51.9 Å². The van der Waals surface area contributed by atoms with Crippen molar-refractivity contribution < 1.29 is 14.2 Å². The van der Waals surface area contributed by atoms with E-state index < -0.39 is 5.82 Å². The first-order valence-electron chi connectivity index (χ1n) is 7.80. The Labute approximate surface area is 127 Å². The molecule has 116 valence electrons. The molecule has 1 rings (SSSR count). The Hall–Kier alpha value is -1.53. The SMILES string of the molecule is CCCCCCCCCOc1ccc(C#CCO)c(F)c1. The van der Waals surface area contributed by atoms with Gasteiger partial charge in [-0.25, -0.2) is 4.39 Å². The molecule has 0 aliphatic rings. The molecule has 1 N–H and O–H groups in total. The van der Waals surface area contributed by atoms with E-state index in [2.05, 4.69) is 18.8 Å². The number of rotatable bonds is 9. The lowest BCUT2D eigenvalue weighted by Crippen LogP contribution is -1.98. The van der Waals surface area contributed by atoms with Crippen molar-refractivity contribution in [3.05, 3.63) is 29.6 Å². The van der Waals surface area contributed by atoms with E-state index in [1.807, 2.05) is 0 Å². The van der Waals surface area contributed by atoms with Crippen LogP contribution in [0.3, 0.4) is 0 Å². The highest BCUT2D eigenvalue weighted by Gasteiger charge is 2.02. The maximum atomic E-state index is 13.7. The average Bonchev–Trinajstić information content (AvgIpc) is 2.49. The number of halogens is 1. The molecule has 2 nitrogen and oxygen atoms in total. The largest absolute Gasteiger partial charge is 0.493 e. The topological polar surface area (TPSA) is 29.5 Å². The van der Waals surface area contributed by atoms with Crippen LogP contribution in [0.2, 0.25) is 0 Å². The van der Waals surface area contributed by atoms with E-state index in [0.717, 1.165) is 12.8 Å². The average molecular weight is 292 g/mol. The maximum Gasteiger partial charge on any atom is 0.142 e. The molecule has 0 saturated heterocycles. The lowest BCUT2D eigenvalue weighted by Gasteiger charge is -2.07. The minimum Gasteiger partial charge on any atom is -0.493 e. The minimum absolute atomic E-state index is 0.268. The molecule has 0 unspecified atom stereocenters. The summed E-state index contributed by atoms with van der Waals surface area (Å²) in [5, 5.41) is 8.59. The van der Waals surface area contributed by atoms with Crippen molar-refractivity contribution >= 4 is 0 Å². The summed E-state index contributed by atoms with van der Waals surface area (Å²) < 4.78 is 19.2.